The van der Waals surface area contributed by atoms with Crippen molar-refractivity contribution < 1.29 is 4.74 Å². The number of nitrogens with zero attached hydrogens (tertiary/aromatic N) is 3. The Bertz CT molecular complexity index is 372. The number of rotatable bonds is 4. The summed E-state index contributed by atoms with van der Waals surface area (Å²) in [7, 11) is 1.72. The normalized spacial score (nSPS) is 24.4. The van der Waals surface area contributed by atoms with E-state index in [2.05, 4.69) is 20.1 Å². The van der Waals surface area contributed by atoms with Crippen LogP contribution in [-0.2, 0) is 17.7 Å². The van der Waals surface area contributed by atoms with Gasteiger partial charge in [-0.15, -0.1) is 10.2 Å². The van der Waals surface area contributed by atoms with E-state index >= 15 is 0 Å². The van der Waals surface area contributed by atoms with E-state index in [1.54, 1.807) is 7.11 Å². The summed E-state index contributed by atoms with van der Waals surface area (Å²) in [4.78, 5) is 0. The van der Waals surface area contributed by atoms with E-state index in [1.165, 1.54) is 12.8 Å². The van der Waals surface area contributed by atoms with Crippen molar-refractivity contribution in [1.82, 2.24) is 20.1 Å². The lowest BCUT2D eigenvalue weighted by atomic mass is 10.1. The standard InChI is InChI=1S/C11H18N4O/c1-16-7-4-9-13-14-11-10(8-2-3-8)12-5-6-15(9)11/h8,10,12H,2-7H2,1H3. The number of hydrogen-bond donors (Lipinski definition) is 1. The second-order valence-corrected chi connectivity index (χ2v) is 4.64. The average Bonchev–Trinajstić information content (AvgIpc) is 3.07. The van der Waals surface area contributed by atoms with E-state index in [9.17, 15) is 0 Å². The van der Waals surface area contributed by atoms with E-state index in [4.69, 9.17) is 4.74 Å². The lowest BCUT2D eigenvalue weighted by Crippen LogP contribution is -2.35. The summed E-state index contributed by atoms with van der Waals surface area (Å²) < 4.78 is 7.37. The molecule has 1 aromatic rings. The van der Waals surface area contributed by atoms with Crippen molar-refractivity contribution in [2.75, 3.05) is 20.3 Å². The molecule has 0 aromatic carbocycles. The van der Waals surface area contributed by atoms with Crippen molar-refractivity contribution in [2.45, 2.75) is 31.8 Å². The average molecular weight is 222 g/mol. The minimum Gasteiger partial charge on any atom is -0.384 e. The summed E-state index contributed by atoms with van der Waals surface area (Å²) >= 11 is 0. The van der Waals surface area contributed by atoms with Crippen LogP contribution in [0.5, 0.6) is 0 Å². The fourth-order valence-electron chi connectivity index (χ4n) is 2.43. The first-order valence-electron chi connectivity index (χ1n) is 6.04. The summed E-state index contributed by atoms with van der Waals surface area (Å²) in [5, 5.41) is 12.2. The zero-order valence-corrected chi connectivity index (χ0v) is 9.65. The van der Waals surface area contributed by atoms with Crippen molar-refractivity contribution in [1.29, 1.82) is 0 Å². The number of methoxy groups -OCH3 is 1. The molecule has 5 heteroatoms. The Hall–Kier alpha value is -0.940. The summed E-state index contributed by atoms with van der Waals surface area (Å²) in [5.74, 6) is 3.00. The first-order chi connectivity index (χ1) is 7.90. The molecule has 1 atom stereocenters. The SMILES string of the molecule is COCCc1nnc2n1CCNC2C1CC1. The Labute approximate surface area is 95.2 Å². The molecule has 1 saturated carbocycles. The quantitative estimate of drug-likeness (QED) is 0.807. The Kier molecular flexibility index (Phi) is 2.65. The van der Waals surface area contributed by atoms with E-state index in [0.29, 0.717) is 6.04 Å². The molecule has 1 aliphatic heterocycles. The molecule has 2 heterocycles. The molecule has 3 rings (SSSR count). The van der Waals surface area contributed by atoms with Crippen molar-refractivity contribution >= 4 is 0 Å². The summed E-state index contributed by atoms with van der Waals surface area (Å²) in [5.41, 5.74) is 0. The van der Waals surface area contributed by atoms with Crippen LogP contribution in [0.3, 0.4) is 0 Å². The molecule has 16 heavy (non-hydrogen) atoms. The maximum atomic E-state index is 5.10. The minimum atomic E-state index is 0.442. The Morgan fingerprint density at radius 2 is 2.31 bits per heavy atom. The molecule has 5 nitrogen and oxygen atoms in total. The van der Waals surface area contributed by atoms with Crippen LogP contribution in [-0.4, -0.2) is 35.0 Å². The van der Waals surface area contributed by atoms with Gasteiger partial charge < -0.3 is 14.6 Å². The monoisotopic (exact) mass is 222 g/mol. The van der Waals surface area contributed by atoms with Crippen LogP contribution in [0, 0.1) is 5.92 Å². The third kappa shape index (κ3) is 1.74. The lowest BCUT2D eigenvalue weighted by Gasteiger charge is -2.24. The molecule has 1 unspecified atom stereocenters. The summed E-state index contributed by atoms with van der Waals surface area (Å²) in [6.07, 6.45) is 3.52. The molecule has 1 N–H and O–H groups in total. The van der Waals surface area contributed by atoms with Crippen molar-refractivity contribution in [3.05, 3.63) is 11.6 Å². The van der Waals surface area contributed by atoms with Gasteiger partial charge in [-0.1, -0.05) is 0 Å². The number of hydrogen-bond acceptors (Lipinski definition) is 4. The summed E-state index contributed by atoms with van der Waals surface area (Å²) in [6, 6.07) is 0.442. The second-order valence-electron chi connectivity index (χ2n) is 4.64. The van der Waals surface area contributed by atoms with Gasteiger partial charge >= 0.3 is 0 Å². The van der Waals surface area contributed by atoms with Crippen LogP contribution in [0.2, 0.25) is 0 Å². The largest absolute Gasteiger partial charge is 0.384 e. The predicted molar refractivity (Wildman–Crippen MR) is 59.1 cm³/mol. The highest BCUT2D eigenvalue weighted by Crippen LogP contribution is 2.41. The molecule has 0 spiro atoms. The highest BCUT2D eigenvalue weighted by Gasteiger charge is 2.37. The summed E-state index contributed by atoms with van der Waals surface area (Å²) in [6.45, 7) is 2.75. The van der Waals surface area contributed by atoms with E-state index in [0.717, 1.165) is 43.7 Å². The van der Waals surface area contributed by atoms with Crippen LogP contribution in [0.4, 0.5) is 0 Å². The maximum Gasteiger partial charge on any atom is 0.150 e. The molecule has 0 saturated heterocycles. The first kappa shape index (κ1) is 10.2. The van der Waals surface area contributed by atoms with Crippen molar-refractivity contribution in [3.8, 4) is 0 Å². The molecular formula is C11H18N4O. The highest BCUT2D eigenvalue weighted by atomic mass is 16.5. The first-order valence-corrected chi connectivity index (χ1v) is 6.04. The van der Waals surface area contributed by atoms with Gasteiger partial charge in [-0.3, -0.25) is 0 Å². The minimum absolute atomic E-state index is 0.442. The molecule has 88 valence electrons. The fraction of sp³-hybridized carbons (Fsp3) is 0.818. The smallest absolute Gasteiger partial charge is 0.150 e. The van der Waals surface area contributed by atoms with Gasteiger partial charge in [-0.2, -0.15) is 0 Å². The van der Waals surface area contributed by atoms with Gasteiger partial charge in [0.2, 0.25) is 0 Å². The molecule has 2 aliphatic rings. The predicted octanol–water partition coefficient (Wildman–Crippen LogP) is 0.521. The van der Waals surface area contributed by atoms with Crippen LogP contribution in [0.1, 0.15) is 30.5 Å². The van der Waals surface area contributed by atoms with Gasteiger partial charge in [0.15, 0.2) is 5.82 Å². The third-order valence-corrected chi connectivity index (χ3v) is 3.46. The molecule has 0 radical (unpaired) electrons. The van der Waals surface area contributed by atoms with Gasteiger partial charge in [-0.25, -0.2) is 0 Å². The van der Waals surface area contributed by atoms with E-state index in [-0.39, 0.29) is 0 Å². The highest BCUT2D eigenvalue weighted by molar-refractivity contribution is 5.08. The Morgan fingerprint density at radius 1 is 1.44 bits per heavy atom. The van der Waals surface area contributed by atoms with Gasteiger partial charge in [-0.05, 0) is 18.8 Å². The zero-order chi connectivity index (χ0) is 11.0. The van der Waals surface area contributed by atoms with Crippen LogP contribution in [0.25, 0.3) is 0 Å². The molecule has 1 aliphatic carbocycles. The van der Waals surface area contributed by atoms with Crippen LogP contribution in [0.15, 0.2) is 0 Å². The van der Waals surface area contributed by atoms with Crippen LogP contribution < -0.4 is 5.32 Å². The van der Waals surface area contributed by atoms with Gasteiger partial charge in [0.25, 0.3) is 0 Å². The van der Waals surface area contributed by atoms with Gasteiger partial charge in [0.05, 0.1) is 12.6 Å². The lowest BCUT2D eigenvalue weighted by molar-refractivity contribution is 0.199. The number of aromatic nitrogens is 3. The Morgan fingerprint density at radius 3 is 3.06 bits per heavy atom. The second kappa shape index (κ2) is 4.14. The van der Waals surface area contributed by atoms with Crippen molar-refractivity contribution in [2.24, 2.45) is 5.92 Å². The van der Waals surface area contributed by atoms with Crippen LogP contribution >= 0.6 is 0 Å². The van der Waals surface area contributed by atoms with E-state index in [1.807, 2.05) is 0 Å². The number of nitrogens with one attached hydrogen (secondary N) is 1. The van der Waals surface area contributed by atoms with Gasteiger partial charge in [0.1, 0.15) is 5.82 Å². The van der Waals surface area contributed by atoms with Crippen molar-refractivity contribution in [3.63, 3.8) is 0 Å². The van der Waals surface area contributed by atoms with E-state index < -0.39 is 0 Å². The van der Waals surface area contributed by atoms with Gasteiger partial charge in [0, 0.05) is 26.6 Å². The maximum absolute atomic E-state index is 5.10. The number of ether oxygens (including phenoxy) is 1. The molecule has 1 fully saturated rings. The molecule has 0 bridgehead atoms. The topological polar surface area (TPSA) is 52.0 Å². The Balaban J connectivity index is 1.82. The third-order valence-electron chi connectivity index (χ3n) is 3.46. The number of fused-ring (bicyclic) bond motifs is 1. The zero-order valence-electron chi connectivity index (χ0n) is 9.65. The molecule has 1 aromatic heterocycles. The fourth-order valence-corrected chi connectivity index (χ4v) is 2.43. The molecular weight excluding hydrogens is 204 g/mol. The molecule has 0 amide bonds.